The Morgan fingerprint density at radius 3 is 2.75 bits per heavy atom. The molecule has 0 atom stereocenters. The highest BCUT2D eigenvalue weighted by molar-refractivity contribution is 5.87. The molecule has 0 saturated carbocycles. The van der Waals surface area contributed by atoms with E-state index in [0.717, 1.165) is 18.4 Å². The van der Waals surface area contributed by atoms with E-state index in [9.17, 15) is 4.79 Å². The SMILES string of the molecule is COc1c(OC2CCOCC2)cccc1-c1cc(C(=O)O)nn1C. The number of aromatic nitrogens is 2. The molecule has 2 aromatic rings. The zero-order chi connectivity index (χ0) is 17.1. The van der Waals surface area contributed by atoms with E-state index in [-0.39, 0.29) is 11.8 Å². The van der Waals surface area contributed by atoms with Crippen molar-refractivity contribution in [2.45, 2.75) is 18.9 Å². The Morgan fingerprint density at radius 1 is 1.38 bits per heavy atom. The van der Waals surface area contributed by atoms with Crippen molar-refractivity contribution in [2.75, 3.05) is 20.3 Å². The molecule has 1 fully saturated rings. The smallest absolute Gasteiger partial charge is 0.356 e. The van der Waals surface area contributed by atoms with Gasteiger partial charge in [-0.3, -0.25) is 4.68 Å². The van der Waals surface area contributed by atoms with Crippen LogP contribution in [0.3, 0.4) is 0 Å². The molecular weight excluding hydrogens is 312 g/mol. The van der Waals surface area contributed by atoms with Crippen molar-refractivity contribution in [3.63, 3.8) is 0 Å². The number of methoxy groups -OCH3 is 1. The van der Waals surface area contributed by atoms with Gasteiger partial charge in [0.15, 0.2) is 17.2 Å². The first-order valence-corrected chi connectivity index (χ1v) is 7.79. The number of rotatable bonds is 5. The highest BCUT2D eigenvalue weighted by Gasteiger charge is 2.21. The van der Waals surface area contributed by atoms with E-state index in [0.29, 0.717) is 30.4 Å². The van der Waals surface area contributed by atoms with Crippen LogP contribution in [0.1, 0.15) is 23.3 Å². The molecule has 24 heavy (non-hydrogen) atoms. The van der Waals surface area contributed by atoms with Crippen LogP contribution in [-0.2, 0) is 11.8 Å². The topological polar surface area (TPSA) is 82.8 Å². The average Bonchev–Trinajstić information content (AvgIpc) is 2.97. The Balaban J connectivity index is 1.96. The second kappa shape index (κ2) is 6.92. The van der Waals surface area contributed by atoms with Crippen molar-refractivity contribution in [1.29, 1.82) is 0 Å². The lowest BCUT2D eigenvalue weighted by molar-refractivity contribution is 0.0246. The van der Waals surface area contributed by atoms with Gasteiger partial charge >= 0.3 is 5.97 Å². The van der Waals surface area contributed by atoms with Gasteiger partial charge in [-0.25, -0.2) is 4.79 Å². The number of para-hydroxylation sites is 1. The first-order chi connectivity index (χ1) is 11.6. The van der Waals surface area contributed by atoms with E-state index in [1.165, 1.54) is 10.7 Å². The highest BCUT2D eigenvalue weighted by Crippen LogP contribution is 2.39. The monoisotopic (exact) mass is 332 g/mol. The molecule has 7 nitrogen and oxygen atoms in total. The maximum absolute atomic E-state index is 11.1. The van der Waals surface area contributed by atoms with Crippen molar-refractivity contribution in [3.05, 3.63) is 30.0 Å². The maximum atomic E-state index is 11.1. The lowest BCUT2D eigenvalue weighted by Gasteiger charge is -2.24. The van der Waals surface area contributed by atoms with E-state index in [4.69, 9.17) is 19.3 Å². The lowest BCUT2D eigenvalue weighted by atomic mass is 10.1. The van der Waals surface area contributed by atoms with E-state index in [1.54, 1.807) is 14.2 Å². The summed E-state index contributed by atoms with van der Waals surface area (Å²) < 4.78 is 18.5. The normalized spacial score (nSPS) is 15.2. The quantitative estimate of drug-likeness (QED) is 0.905. The minimum atomic E-state index is -1.06. The summed E-state index contributed by atoms with van der Waals surface area (Å²) in [7, 11) is 3.28. The van der Waals surface area contributed by atoms with Crippen molar-refractivity contribution in [3.8, 4) is 22.8 Å². The number of nitrogens with zero attached hydrogens (tertiary/aromatic N) is 2. The van der Waals surface area contributed by atoms with E-state index < -0.39 is 5.97 Å². The molecule has 0 spiro atoms. The number of hydrogen-bond acceptors (Lipinski definition) is 5. The molecule has 7 heteroatoms. The molecule has 128 valence electrons. The van der Waals surface area contributed by atoms with Crippen LogP contribution in [0.25, 0.3) is 11.3 Å². The first-order valence-electron chi connectivity index (χ1n) is 7.79. The molecule has 1 saturated heterocycles. The lowest BCUT2D eigenvalue weighted by Crippen LogP contribution is -2.26. The van der Waals surface area contributed by atoms with E-state index >= 15 is 0 Å². The molecular formula is C17H20N2O5. The van der Waals surface area contributed by atoms with Crippen molar-refractivity contribution >= 4 is 5.97 Å². The maximum Gasteiger partial charge on any atom is 0.356 e. The molecule has 0 bridgehead atoms. The summed E-state index contributed by atoms with van der Waals surface area (Å²) in [5.74, 6) is 0.148. The molecule has 1 aliphatic rings. The Morgan fingerprint density at radius 2 is 2.12 bits per heavy atom. The molecule has 0 radical (unpaired) electrons. The van der Waals surface area contributed by atoms with Crippen LogP contribution >= 0.6 is 0 Å². The third-order valence-corrected chi connectivity index (χ3v) is 4.02. The third kappa shape index (κ3) is 3.21. The van der Waals surface area contributed by atoms with Crippen LogP contribution in [0.15, 0.2) is 24.3 Å². The average molecular weight is 332 g/mol. The van der Waals surface area contributed by atoms with Gasteiger partial charge in [0, 0.05) is 25.5 Å². The predicted molar refractivity (Wildman–Crippen MR) is 86.6 cm³/mol. The largest absolute Gasteiger partial charge is 0.492 e. The molecule has 0 aliphatic carbocycles. The minimum Gasteiger partial charge on any atom is -0.492 e. The zero-order valence-electron chi connectivity index (χ0n) is 13.7. The van der Waals surface area contributed by atoms with Gasteiger partial charge in [0.25, 0.3) is 0 Å². The summed E-state index contributed by atoms with van der Waals surface area (Å²) in [6, 6.07) is 7.10. The third-order valence-electron chi connectivity index (χ3n) is 4.02. The number of hydrogen-bond donors (Lipinski definition) is 1. The molecule has 0 amide bonds. The predicted octanol–water partition coefficient (Wildman–Crippen LogP) is 2.35. The van der Waals surface area contributed by atoms with Crippen LogP contribution < -0.4 is 9.47 Å². The van der Waals surface area contributed by atoms with Crippen LogP contribution in [0.2, 0.25) is 0 Å². The summed E-state index contributed by atoms with van der Waals surface area (Å²) in [6.45, 7) is 1.38. The second-order valence-electron chi connectivity index (χ2n) is 5.61. The first kappa shape index (κ1) is 16.3. The number of aromatic carboxylic acids is 1. The number of carbonyl (C=O) groups is 1. The van der Waals surface area contributed by atoms with Gasteiger partial charge in [-0.1, -0.05) is 6.07 Å². The Bertz CT molecular complexity index is 735. The van der Waals surface area contributed by atoms with Gasteiger partial charge in [-0.15, -0.1) is 0 Å². The second-order valence-corrected chi connectivity index (χ2v) is 5.61. The molecule has 0 unspecified atom stereocenters. The fourth-order valence-corrected chi connectivity index (χ4v) is 2.82. The molecule has 1 aromatic carbocycles. The Hall–Kier alpha value is -2.54. The summed E-state index contributed by atoms with van der Waals surface area (Å²) >= 11 is 0. The summed E-state index contributed by atoms with van der Waals surface area (Å²) in [5.41, 5.74) is 1.39. The van der Waals surface area contributed by atoms with Gasteiger partial charge in [-0.05, 0) is 18.2 Å². The van der Waals surface area contributed by atoms with Crippen molar-refractivity contribution < 1.29 is 24.1 Å². The summed E-state index contributed by atoms with van der Waals surface area (Å²) in [5, 5.41) is 13.1. The number of carboxylic acid groups (broad SMARTS) is 1. The van der Waals surface area contributed by atoms with Gasteiger partial charge in [0.1, 0.15) is 6.10 Å². The Labute approximate surface area is 139 Å². The number of ether oxygens (including phenoxy) is 3. The molecule has 3 rings (SSSR count). The van der Waals surface area contributed by atoms with E-state index in [1.807, 2.05) is 18.2 Å². The van der Waals surface area contributed by atoms with Crippen molar-refractivity contribution in [2.24, 2.45) is 7.05 Å². The van der Waals surface area contributed by atoms with Gasteiger partial charge < -0.3 is 19.3 Å². The van der Waals surface area contributed by atoms with Crippen LogP contribution in [-0.4, -0.2) is 47.3 Å². The summed E-state index contributed by atoms with van der Waals surface area (Å²) in [6.07, 6.45) is 1.76. The van der Waals surface area contributed by atoms with Gasteiger partial charge in [0.2, 0.25) is 0 Å². The zero-order valence-corrected chi connectivity index (χ0v) is 13.7. The van der Waals surface area contributed by atoms with Gasteiger partial charge in [0.05, 0.1) is 26.0 Å². The highest BCUT2D eigenvalue weighted by atomic mass is 16.5. The fourth-order valence-electron chi connectivity index (χ4n) is 2.82. The van der Waals surface area contributed by atoms with Gasteiger partial charge in [-0.2, -0.15) is 5.10 Å². The molecule has 1 aliphatic heterocycles. The van der Waals surface area contributed by atoms with Crippen LogP contribution in [0.5, 0.6) is 11.5 Å². The van der Waals surface area contributed by atoms with Crippen LogP contribution in [0, 0.1) is 0 Å². The Kier molecular flexibility index (Phi) is 4.71. The van der Waals surface area contributed by atoms with E-state index in [2.05, 4.69) is 5.10 Å². The minimum absolute atomic E-state index is 0.00898. The number of benzene rings is 1. The standard InChI is InChI=1S/C17H20N2O5/c1-19-14(10-13(18-19)17(20)21)12-4-3-5-15(16(12)22-2)24-11-6-8-23-9-7-11/h3-5,10-11H,6-9H2,1-2H3,(H,20,21). The van der Waals surface area contributed by atoms with Crippen molar-refractivity contribution in [1.82, 2.24) is 9.78 Å². The molecule has 1 aromatic heterocycles. The van der Waals surface area contributed by atoms with Crippen LogP contribution in [0.4, 0.5) is 0 Å². The number of aryl methyl sites for hydroxylation is 1. The molecule has 1 N–H and O–H groups in total. The number of carboxylic acids is 1. The summed E-state index contributed by atoms with van der Waals surface area (Å²) in [4.78, 5) is 11.1. The fraction of sp³-hybridized carbons (Fsp3) is 0.412. The molecule has 2 heterocycles.